The van der Waals surface area contributed by atoms with Crippen LogP contribution < -0.4 is 15.7 Å². The lowest BCUT2D eigenvalue weighted by atomic mass is 9.95. The third kappa shape index (κ3) is 3.67. The van der Waals surface area contributed by atoms with Crippen molar-refractivity contribution < 1.29 is 19.6 Å². The Morgan fingerprint density at radius 1 is 1.12 bits per heavy atom. The average Bonchev–Trinajstić information content (AvgIpc) is 2.65. The first kappa shape index (κ1) is 17.9. The van der Waals surface area contributed by atoms with Gasteiger partial charge in [0.1, 0.15) is 11.6 Å². The highest BCUT2D eigenvalue weighted by atomic mass is 19.1. The van der Waals surface area contributed by atoms with Gasteiger partial charge in [0.2, 0.25) is 0 Å². The van der Waals surface area contributed by atoms with Crippen molar-refractivity contribution in [1.82, 2.24) is 0 Å². The van der Waals surface area contributed by atoms with Crippen LogP contribution >= 0.6 is 0 Å². The quantitative estimate of drug-likeness (QED) is 0.486. The molecule has 0 bridgehead atoms. The number of nitrogens with one attached hydrogen (secondary N) is 1. The molecule has 0 aliphatic heterocycles. The van der Waals surface area contributed by atoms with Crippen molar-refractivity contribution in [2.24, 2.45) is 0 Å². The smallest absolute Gasteiger partial charge is 0.164 e. The maximum atomic E-state index is 13.1. The Hall–Kier alpha value is -2.93. The zero-order chi connectivity index (χ0) is 18.7. The molecule has 0 spiro atoms. The number of ether oxygens (including phenoxy) is 1. The zero-order valence-electron chi connectivity index (χ0n) is 14.2. The van der Waals surface area contributed by atoms with Gasteiger partial charge in [0.25, 0.3) is 0 Å². The van der Waals surface area contributed by atoms with E-state index in [2.05, 4.69) is 0 Å². The number of nitrogens with two attached hydrogens (primary N) is 1. The number of halogens is 1. The maximum Gasteiger partial charge on any atom is 0.164 e. The summed E-state index contributed by atoms with van der Waals surface area (Å²) in [5.41, 5.74) is 10.2. The Bertz CT molecular complexity index is 911. The van der Waals surface area contributed by atoms with Crippen LogP contribution in [-0.4, -0.2) is 12.3 Å². The van der Waals surface area contributed by atoms with Crippen LogP contribution in [0, 0.1) is 11.0 Å². The first-order valence-corrected chi connectivity index (χ1v) is 8.03. The number of rotatable bonds is 5. The molecule has 1 atom stereocenters. The van der Waals surface area contributed by atoms with Crippen molar-refractivity contribution in [2.75, 3.05) is 12.8 Å². The molecule has 26 heavy (non-hydrogen) atoms. The van der Waals surface area contributed by atoms with Crippen molar-refractivity contribution in [1.29, 1.82) is 0 Å². The van der Waals surface area contributed by atoms with E-state index in [1.165, 1.54) is 18.2 Å². The van der Waals surface area contributed by atoms with Crippen molar-refractivity contribution in [3.8, 4) is 16.9 Å². The number of hydrogen-bond donors (Lipinski definition) is 3. The summed E-state index contributed by atoms with van der Waals surface area (Å²) in [6.45, 7) is 0. The van der Waals surface area contributed by atoms with E-state index in [9.17, 15) is 14.8 Å². The number of nitrogen functional groups attached to an aromatic ring is 1. The summed E-state index contributed by atoms with van der Waals surface area (Å²) in [5, 5.41) is 19.5. The van der Waals surface area contributed by atoms with Gasteiger partial charge in [0.05, 0.1) is 7.11 Å². The standard InChI is InChI=1S/C20H19FN2O3/c1-26-18-10-7-15(11-13-5-8-16(21)9-6-13)20(22)19(18)14-3-2-4-17(12-14)23(24)25/h2-10,12,23-24H,11,22H2,1H3. The number of benzene rings is 3. The van der Waals surface area contributed by atoms with Gasteiger partial charge >= 0.3 is 0 Å². The second-order valence-corrected chi connectivity index (χ2v) is 5.90. The third-order valence-corrected chi connectivity index (χ3v) is 4.22. The van der Waals surface area contributed by atoms with Crippen LogP contribution in [-0.2, 0) is 6.42 Å². The van der Waals surface area contributed by atoms with Gasteiger partial charge < -0.3 is 15.7 Å². The van der Waals surface area contributed by atoms with Gasteiger partial charge in [0, 0.05) is 23.4 Å². The molecule has 134 valence electrons. The number of anilines is 1. The van der Waals surface area contributed by atoms with Crippen LogP contribution in [0.2, 0.25) is 0 Å². The molecule has 3 aromatic rings. The van der Waals surface area contributed by atoms with Crippen LogP contribution in [0.3, 0.4) is 0 Å². The maximum absolute atomic E-state index is 13.1. The van der Waals surface area contributed by atoms with E-state index in [0.717, 1.165) is 11.1 Å². The van der Waals surface area contributed by atoms with Gasteiger partial charge in [-0.05, 0) is 41.3 Å². The third-order valence-electron chi connectivity index (χ3n) is 4.22. The van der Waals surface area contributed by atoms with Crippen LogP contribution in [0.4, 0.5) is 15.8 Å². The summed E-state index contributed by atoms with van der Waals surface area (Å²) in [6, 6.07) is 16.5. The molecule has 0 aliphatic carbocycles. The van der Waals surface area contributed by atoms with E-state index in [4.69, 9.17) is 10.5 Å². The van der Waals surface area contributed by atoms with E-state index in [-0.39, 0.29) is 11.5 Å². The Kier molecular flexibility index (Phi) is 5.18. The SMILES string of the molecule is COc1ccc(Cc2ccc(F)cc2)c(N)c1-c1cccc([NH+]([O-])O)c1. The molecule has 0 aromatic heterocycles. The van der Waals surface area contributed by atoms with E-state index in [1.54, 1.807) is 43.5 Å². The van der Waals surface area contributed by atoms with E-state index in [0.29, 0.717) is 29.0 Å². The fourth-order valence-electron chi connectivity index (χ4n) is 2.89. The summed E-state index contributed by atoms with van der Waals surface area (Å²) >= 11 is 0. The molecule has 6 heteroatoms. The molecule has 3 aromatic carbocycles. The van der Waals surface area contributed by atoms with Gasteiger partial charge in [-0.1, -0.05) is 30.3 Å². The molecule has 4 N–H and O–H groups in total. The number of quaternary nitrogens is 1. The van der Waals surface area contributed by atoms with Gasteiger partial charge in [-0.25, -0.2) is 9.60 Å². The molecule has 0 saturated heterocycles. The molecule has 5 nitrogen and oxygen atoms in total. The molecule has 0 radical (unpaired) electrons. The normalized spacial score (nSPS) is 12.0. The molecular weight excluding hydrogens is 335 g/mol. The molecule has 0 fully saturated rings. The largest absolute Gasteiger partial charge is 0.595 e. The lowest BCUT2D eigenvalue weighted by Crippen LogP contribution is -2.99. The van der Waals surface area contributed by atoms with Gasteiger partial charge in [-0.3, -0.25) is 0 Å². The van der Waals surface area contributed by atoms with Crippen LogP contribution in [0.1, 0.15) is 11.1 Å². The summed E-state index contributed by atoms with van der Waals surface area (Å²) < 4.78 is 18.5. The molecule has 3 rings (SSSR count). The molecule has 0 amide bonds. The van der Waals surface area contributed by atoms with Crippen molar-refractivity contribution in [3.63, 3.8) is 0 Å². The fourth-order valence-corrected chi connectivity index (χ4v) is 2.89. The van der Waals surface area contributed by atoms with Crippen molar-refractivity contribution >= 4 is 11.4 Å². The van der Waals surface area contributed by atoms with E-state index < -0.39 is 5.23 Å². The summed E-state index contributed by atoms with van der Waals surface area (Å²) in [4.78, 5) is 0. The summed E-state index contributed by atoms with van der Waals surface area (Å²) in [6.07, 6.45) is 0.529. The monoisotopic (exact) mass is 354 g/mol. The molecule has 0 heterocycles. The topological polar surface area (TPSA) is 83.0 Å². The van der Waals surface area contributed by atoms with Gasteiger partial charge in [-0.15, -0.1) is 0 Å². The van der Waals surface area contributed by atoms with E-state index in [1.807, 2.05) is 6.07 Å². The fraction of sp³-hybridized carbons (Fsp3) is 0.100. The molecular formula is C20H19FN2O3. The molecule has 0 aliphatic rings. The lowest BCUT2D eigenvalue weighted by molar-refractivity contribution is -0.991. The summed E-state index contributed by atoms with van der Waals surface area (Å²) in [5.74, 6) is 0.274. The second-order valence-electron chi connectivity index (χ2n) is 5.90. The molecule has 0 saturated carbocycles. The first-order chi connectivity index (χ1) is 12.5. The van der Waals surface area contributed by atoms with E-state index >= 15 is 0 Å². The first-order valence-electron chi connectivity index (χ1n) is 8.03. The number of hydrogen-bond acceptors (Lipinski definition) is 4. The summed E-state index contributed by atoms with van der Waals surface area (Å²) in [7, 11) is 1.54. The van der Waals surface area contributed by atoms with Gasteiger partial charge in [-0.2, -0.15) is 5.23 Å². The predicted octanol–water partition coefficient (Wildman–Crippen LogP) is 3.08. The van der Waals surface area contributed by atoms with Gasteiger partial charge in [0.15, 0.2) is 5.69 Å². The highest BCUT2D eigenvalue weighted by Crippen LogP contribution is 2.38. The Morgan fingerprint density at radius 2 is 1.85 bits per heavy atom. The Labute approximate surface area is 150 Å². The minimum atomic E-state index is -1.01. The Morgan fingerprint density at radius 3 is 2.50 bits per heavy atom. The highest BCUT2D eigenvalue weighted by molar-refractivity contribution is 5.85. The highest BCUT2D eigenvalue weighted by Gasteiger charge is 2.15. The van der Waals surface area contributed by atoms with Crippen LogP contribution in [0.25, 0.3) is 11.1 Å². The minimum Gasteiger partial charge on any atom is -0.595 e. The van der Waals surface area contributed by atoms with Crippen molar-refractivity contribution in [3.05, 3.63) is 82.8 Å². The minimum absolute atomic E-state index is 0.174. The number of methoxy groups -OCH3 is 1. The molecule has 1 unspecified atom stereocenters. The van der Waals surface area contributed by atoms with Crippen LogP contribution in [0.5, 0.6) is 5.75 Å². The Balaban J connectivity index is 2.06. The second kappa shape index (κ2) is 7.53. The average molecular weight is 354 g/mol. The predicted molar refractivity (Wildman–Crippen MR) is 97.8 cm³/mol. The lowest BCUT2D eigenvalue weighted by Gasteiger charge is -2.17. The zero-order valence-corrected chi connectivity index (χ0v) is 14.2. The van der Waals surface area contributed by atoms with Crippen LogP contribution in [0.15, 0.2) is 60.7 Å². The van der Waals surface area contributed by atoms with Crippen molar-refractivity contribution in [2.45, 2.75) is 6.42 Å².